The maximum atomic E-state index is 13.7. The summed E-state index contributed by atoms with van der Waals surface area (Å²) in [6.07, 6.45) is 5.10. The lowest BCUT2D eigenvalue weighted by atomic mass is 9.88. The van der Waals surface area contributed by atoms with Gasteiger partial charge in [-0.2, -0.15) is 0 Å². The minimum atomic E-state index is -2.92. The summed E-state index contributed by atoms with van der Waals surface area (Å²) in [6.45, 7) is 5.37. The van der Waals surface area contributed by atoms with Crippen LogP contribution in [-0.4, -0.2) is 36.3 Å². The van der Waals surface area contributed by atoms with Gasteiger partial charge in [0.25, 0.3) is 11.8 Å². The number of amides is 2. The van der Waals surface area contributed by atoms with Crippen molar-refractivity contribution in [3.8, 4) is 11.1 Å². The van der Waals surface area contributed by atoms with Gasteiger partial charge in [0.2, 0.25) is 5.91 Å². The third-order valence-corrected chi connectivity index (χ3v) is 8.85. The first-order valence-corrected chi connectivity index (χ1v) is 16.3. The molecule has 1 aliphatic rings. The molecule has 0 spiro atoms. The second-order valence-corrected chi connectivity index (χ2v) is 12.2. The molecule has 5 rings (SSSR count). The molecule has 2 amide bonds. The molecule has 1 saturated heterocycles. The number of alkyl halides is 2. The fourth-order valence-electron chi connectivity index (χ4n) is 6.25. The van der Waals surface area contributed by atoms with E-state index in [1.165, 1.54) is 17.7 Å². The van der Waals surface area contributed by atoms with Gasteiger partial charge >= 0.3 is 0 Å². The summed E-state index contributed by atoms with van der Waals surface area (Å²) in [7, 11) is 0. The van der Waals surface area contributed by atoms with Crippen LogP contribution in [0, 0.1) is 0 Å². The maximum absolute atomic E-state index is 13.7. The highest BCUT2D eigenvalue weighted by Gasteiger charge is 2.31. The number of rotatable bonds is 12. The van der Waals surface area contributed by atoms with Crippen molar-refractivity contribution in [2.45, 2.75) is 63.8 Å². The van der Waals surface area contributed by atoms with Gasteiger partial charge in [0.05, 0.1) is 0 Å². The van der Waals surface area contributed by atoms with Crippen molar-refractivity contribution in [2.75, 3.05) is 25.0 Å². The van der Waals surface area contributed by atoms with E-state index >= 15 is 0 Å². The van der Waals surface area contributed by atoms with Gasteiger partial charge in [-0.15, -0.1) is 0 Å². The Balaban J connectivity index is 1.21. The van der Waals surface area contributed by atoms with Gasteiger partial charge in [-0.05, 0) is 78.7 Å². The van der Waals surface area contributed by atoms with Crippen LogP contribution in [0.25, 0.3) is 11.1 Å². The van der Waals surface area contributed by atoms with E-state index in [0.717, 1.165) is 57.7 Å². The highest BCUT2D eigenvalue weighted by molar-refractivity contribution is 6.08. The summed E-state index contributed by atoms with van der Waals surface area (Å²) >= 11 is 0. The number of halogens is 2. The predicted molar refractivity (Wildman–Crippen MR) is 181 cm³/mol. The van der Waals surface area contributed by atoms with E-state index in [0.29, 0.717) is 34.8 Å². The van der Waals surface area contributed by atoms with E-state index in [1.54, 1.807) is 24.3 Å². The number of hydrogen-bond acceptors (Lipinski definition) is 3. The lowest BCUT2D eigenvalue weighted by molar-refractivity contribution is -0.127. The Labute approximate surface area is 271 Å². The van der Waals surface area contributed by atoms with Crippen molar-refractivity contribution in [3.63, 3.8) is 0 Å². The number of piperidine rings is 1. The second kappa shape index (κ2) is 15.3. The van der Waals surface area contributed by atoms with Crippen molar-refractivity contribution < 1.29 is 18.4 Å². The van der Waals surface area contributed by atoms with E-state index < -0.39 is 5.92 Å². The molecule has 240 valence electrons. The Morgan fingerprint density at radius 1 is 0.848 bits per heavy atom. The molecule has 0 bridgehead atoms. The Hall–Kier alpha value is -4.36. The van der Waals surface area contributed by atoms with Crippen LogP contribution in [0.2, 0.25) is 0 Å². The summed E-state index contributed by atoms with van der Waals surface area (Å²) in [4.78, 5) is 28.9. The molecular weight excluding hydrogens is 580 g/mol. The van der Waals surface area contributed by atoms with Crippen molar-refractivity contribution >= 4 is 17.5 Å². The van der Waals surface area contributed by atoms with Crippen molar-refractivity contribution in [1.82, 2.24) is 10.2 Å². The summed E-state index contributed by atoms with van der Waals surface area (Å²) in [5, 5.41) is 6.17. The summed E-state index contributed by atoms with van der Waals surface area (Å²) in [5.74, 6) is -2.75. The quantitative estimate of drug-likeness (QED) is 0.155. The maximum Gasteiger partial charge on any atom is 0.270 e. The molecule has 5 nitrogen and oxygen atoms in total. The number of unbranched alkanes of at least 4 members (excludes halogenated alkanes) is 2. The number of hydrogen-bond donors (Lipinski definition) is 2. The smallest absolute Gasteiger partial charge is 0.270 e. The van der Waals surface area contributed by atoms with Crippen LogP contribution in [0.5, 0.6) is 0 Å². The first-order valence-electron chi connectivity index (χ1n) is 16.3. The number of nitrogens with zero attached hydrogens (tertiary/aromatic N) is 1. The van der Waals surface area contributed by atoms with E-state index in [4.69, 9.17) is 0 Å². The number of benzene rings is 4. The Morgan fingerprint density at radius 3 is 2.15 bits per heavy atom. The zero-order chi connectivity index (χ0) is 32.5. The van der Waals surface area contributed by atoms with E-state index in [2.05, 4.69) is 34.6 Å². The highest BCUT2D eigenvalue weighted by Crippen LogP contribution is 2.34. The second-order valence-electron chi connectivity index (χ2n) is 12.2. The van der Waals surface area contributed by atoms with E-state index in [-0.39, 0.29) is 23.4 Å². The first kappa shape index (κ1) is 33.0. The van der Waals surface area contributed by atoms with E-state index in [1.807, 2.05) is 54.6 Å². The molecule has 1 aliphatic heterocycles. The fraction of sp³-hybridized carbons (Fsp3) is 0.333. The Morgan fingerprint density at radius 2 is 1.50 bits per heavy atom. The largest absolute Gasteiger partial charge is 0.354 e. The van der Waals surface area contributed by atoms with Gasteiger partial charge in [-0.3, -0.25) is 14.5 Å². The SMILES string of the molecule is CCCCCNC(=O)C(c1ccccc1)N1CCC(c2ccc(NC(=O)c3ccccc3-c3ccc(C(C)(F)F)cc3)cc2)CC1. The molecule has 1 heterocycles. The molecule has 1 atom stereocenters. The minimum absolute atomic E-state index is 0.0664. The monoisotopic (exact) mass is 623 g/mol. The molecule has 1 unspecified atom stereocenters. The van der Waals surface area contributed by atoms with Gasteiger partial charge in [-0.1, -0.05) is 105 Å². The van der Waals surface area contributed by atoms with Crippen LogP contribution in [0.3, 0.4) is 0 Å². The lowest BCUT2D eigenvalue weighted by Crippen LogP contribution is -2.44. The molecular formula is C39H43F2N3O2. The van der Waals surface area contributed by atoms with Crippen molar-refractivity contribution in [1.29, 1.82) is 0 Å². The zero-order valence-corrected chi connectivity index (χ0v) is 26.6. The standard InChI is InChI=1S/C39H43F2N3O2/c1-3-4-10-25-42-38(46)36(31-11-6-5-7-12-31)44-26-23-29(24-27-44)28-17-21-33(22-18-28)43-37(45)35-14-9-8-13-34(35)30-15-19-32(20-16-30)39(2,40)41/h5-9,11-22,29,36H,3-4,10,23-27H2,1-2H3,(H,42,46)(H,43,45). The number of nitrogens with one attached hydrogen (secondary N) is 2. The average Bonchev–Trinajstić information content (AvgIpc) is 3.08. The lowest BCUT2D eigenvalue weighted by Gasteiger charge is -2.37. The number of carbonyl (C=O) groups is 2. The van der Waals surface area contributed by atoms with Gasteiger partial charge < -0.3 is 10.6 Å². The molecule has 4 aromatic rings. The summed E-state index contributed by atoms with van der Waals surface area (Å²) in [5.41, 5.74) is 4.70. The molecule has 2 N–H and O–H groups in total. The molecule has 0 aliphatic carbocycles. The normalized spacial score (nSPS) is 14.9. The molecule has 1 fully saturated rings. The topological polar surface area (TPSA) is 61.4 Å². The summed E-state index contributed by atoms with van der Waals surface area (Å²) < 4.78 is 27.4. The number of likely N-dealkylation sites (tertiary alicyclic amines) is 1. The van der Waals surface area contributed by atoms with Gasteiger partial charge in [0, 0.05) is 30.3 Å². The molecule has 46 heavy (non-hydrogen) atoms. The molecule has 7 heteroatoms. The number of carbonyl (C=O) groups excluding carboxylic acids is 2. The van der Waals surface area contributed by atoms with Crippen LogP contribution >= 0.6 is 0 Å². The number of anilines is 1. The van der Waals surface area contributed by atoms with Crippen LogP contribution in [-0.2, 0) is 10.7 Å². The Bertz CT molecular complexity index is 1580. The van der Waals surface area contributed by atoms with Gasteiger partial charge in [0.1, 0.15) is 6.04 Å². The van der Waals surface area contributed by atoms with Crippen LogP contribution < -0.4 is 10.6 Å². The summed E-state index contributed by atoms with van der Waals surface area (Å²) in [6, 6.07) is 31.0. The Kier molecular flexibility index (Phi) is 11.0. The van der Waals surface area contributed by atoms with E-state index in [9.17, 15) is 18.4 Å². The predicted octanol–water partition coefficient (Wildman–Crippen LogP) is 8.94. The first-order chi connectivity index (χ1) is 22.2. The minimum Gasteiger partial charge on any atom is -0.354 e. The third kappa shape index (κ3) is 8.26. The van der Waals surface area contributed by atoms with Crippen molar-refractivity contribution in [3.05, 3.63) is 125 Å². The highest BCUT2D eigenvalue weighted by atomic mass is 19.3. The van der Waals surface area contributed by atoms with Gasteiger partial charge in [-0.25, -0.2) is 8.78 Å². The molecule has 0 aromatic heterocycles. The van der Waals surface area contributed by atoms with Crippen molar-refractivity contribution in [2.24, 2.45) is 0 Å². The fourth-order valence-corrected chi connectivity index (χ4v) is 6.25. The van der Waals surface area contributed by atoms with Crippen LogP contribution in [0.1, 0.15) is 85.0 Å². The molecule has 0 radical (unpaired) electrons. The molecule has 4 aromatic carbocycles. The van der Waals surface area contributed by atoms with Gasteiger partial charge in [0.15, 0.2) is 0 Å². The zero-order valence-electron chi connectivity index (χ0n) is 26.6. The van der Waals surface area contributed by atoms with Crippen LogP contribution in [0.15, 0.2) is 103 Å². The third-order valence-electron chi connectivity index (χ3n) is 8.85. The average molecular weight is 624 g/mol. The molecule has 0 saturated carbocycles. The van der Waals surface area contributed by atoms with Crippen LogP contribution in [0.4, 0.5) is 14.5 Å².